The average Bonchev–Trinajstić information content (AvgIpc) is 3.42. The number of carbonyl (C=O) groups is 1. The molecule has 0 amide bonds. The highest BCUT2D eigenvalue weighted by Gasteiger charge is 2.28. The van der Waals surface area contributed by atoms with Crippen LogP contribution in [0.3, 0.4) is 0 Å². The van der Waals surface area contributed by atoms with Gasteiger partial charge < -0.3 is 19.3 Å². The van der Waals surface area contributed by atoms with Gasteiger partial charge in [0.2, 0.25) is 0 Å². The van der Waals surface area contributed by atoms with E-state index in [0.29, 0.717) is 30.4 Å². The molecule has 0 aliphatic rings. The van der Waals surface area contributed by atoms with E-state index >= 15 is 0 Å². The fraction of sp³-hybridized carbons (Fsp3) is 0.346. The lowest BCUT2D eigenvalue weighted by Crippen LogP contribution is -2.34. The number of benzene rings is 2. The molecule has 0 radical (unpaired) electrons. The first kappa shape index (κ1) is 24.3. The van der Waals surface area contributed by atoms with Gasteiger partial charge in [0.1, 0.15) is 11.5 Å². The van der Waals surface area contributed by atoms with E-state index in [0.717, 1.165) is 27.8 Å². The highest BCUT2D eigenvalue weighted by molar-refractivity contribution is 5.87. The zero-order valence-electron chi connectivity index (χ0n) is 20.6. The Kier molecular flexibility index (Phi) is 6.79. The maximum absolute atomic E-state index is 11.5. The molecule has 9 nitrogen and oxygen atoms in total. The van der Waals surface area contributed by atoms with Crippen molar-refractivity contribution in [3.8, 4) is 28.4 Å². The number of ether oxygens (including phenoxy) is 3. The lowest BCUT2D eigenvalue weighted by atomic mass is 10.1. The van der Waals surface area contributed by atoms with Crippen LogP contribution in [0.1, 0.15) is 33.4 Å². The summed E-state index contributed by atoms with van der Waals surface area (Å²) in [5, 5.41) is 19.6. The van der Waals surface area contributed by atoms with Crippen molar-refractivity contribution in [1.29, 1.82) is 0 Å². The monoisotopic (exact) mass is 478 g/mol. The summed E-state index contributed by atoms with van der Waals surface area (Å²) in [6.45, 7) is 7.97. The van der Waals surface area contributed by atoms with Gasteiger partial charge in [-0.15, -0.1) is 0 Å². The fourth-order valence-electron chi connectivity index (χ4n) is 3.81. The first-order valence-electron chi connectivity index (χ1n) is 11.5. The molecule has 184 valence electrons. The van der Waals surface area contributed by atoms with E-state index in [1.54, 1.807) is 0 Å². The summed E-state index contributed by atoms with van der Waals surface area (Å²) in [5.41, 5.74) is 2.63. The molecule has 0 saturated carbocycles. The number of aryl methyl sites for hydroxylation is 1. The Morgan fingerprint density at radius 2 is 1.74 bits per heavy atom. The Balaban J connectivity index is 1.88. The highest BCUT2D eigenvalue weighted by Crippen LogP contribution is 2.34. The van der Waals surface area contributed by atoms with Gasteiger partial charge >= 0.3 is 5.97 Å². The number of rotatable bonds is 10. The lowest BCUT2D eigenvalue weighted by molar-refractivity contribution is -0.162. The molecule has 0 aliphatic heterocycles. The van der Waals surface area contributed by atoms with Crippen LogP contribution in [0.2, 0.25) is 0 Å². The largest absolute Gasteiger partial charge is 0.494 e. The summed E-state index contributed by atoms with van der Waals surface area (Å²) >= 11 is 0. The number of aliphatic carboxylic acids is 1. The smallest absolute Gasteiger partial charge is 0.335 e. The second kappa shape index (κ2) is 9.79. The first-order valence-corrected chi connectivity index (χ1v) is 11.5. The number of hydrogen-bond acceptors (Lipinski definition) is 6. The van der Waals surface area contributed by atoms with E-state index in [1.165, 1.54) is 13.8 Å². The van der Waals surface area contributed by atoms with Gasteiger partial charge in [0.25, 0.3) is 0 Å². The molecule has 2 aromatic heterocycles. The molecule has 4 aromatic rings. The molecule has 0 unspecified atom stereocenters. The summed E-state index contributed by atoms with van der Waals surface area (Å²) in [5.74, 6) is 0.331. The van der Waals surface area contributed by atoms with Crippen molar-refractivity contribution in [1.82, 2.24) is 19.6 Å². The summed E-state index contributed by atoms with van der Waals surface area (Å²) in [6.07, 6.45) is 1.81. The average molecular weight is 479 g/mol. The molecule has 0 atom stereocenters. The van der Waals surface area contributed by atoms with Gasteiger partial charge in [0.15, 0.2) is 5.60 Å². The Bertz CT molecular complexity index is 1330. The molecular formula is C26H30N4O5. The van der Waals surface area contributed by atoms with Crippen LogP contribution >= 0.6 is 0 Å². The van der Waals surface area contributed by atoms with E-state index in [2.05, 4.69) is 5.10 Å². The molecule has 0 saturated heterocycles. The van der Waals surface area contributed by atoms with E-state index in [9.17, 15) is 9.90 Å². The second-order valence-corrected chi connectivity index (χ2v) is 8.58. The third kappa shape index (κ3) is 5.00. The third-order valence-corrected chi connectivity index (χ3v) is 5.62. The molecule has 9 heteroatoms. The number of carboxylic acids is 1. The number of aromatic nitrogens is 4. The Morgan fingerprint density at radius 1 is 1.06 bits per heavy atom. The van der Waals surface area contributed by atoms with Crippen LogP contribution in [0.15, 0.2) is 48.7 Å². The first-order chi connectivity index (χ1) is 16.7. The minimum atomic E-state index is -1.34. The fourth-order valence-corrected chi connectivity index (χ4v) is 3.81. The molecule has 0 spiro atoms. The van der Waals surface area contributed by atoms with Gasteiger partial charge in [-0.3, -0.25) is 4.68 Å². The van der Waals surface area contributed by atoms with Crippen molar-refractivity contribution in [2.24, 2.45) is 7.05 Å². The predicted octanol–water partition coefficient (Wildman–Crippen LogP) is 4.60. The van der Waals surface area contributed by atoms with Crippen LogP contribution in [-0.2, 0) is 23.2 Å². The Labute approximate surface area is 203 Å². The van der Waals surface area contributed by atoms with Gasteiger partial charge in [0.05, 0.1) is 48.6 Å². The van der Waals surface area contributed by atoms with Gasteiger partial charge in [-0.1, -0.05) is 12.1 Å². The number of para-hydroxylation sites is 1. The highest BCUT2D eigenvalue weighted by atomic mass is 16.5. The molecule has 2 aromatic carbocycles. The second-order valence-electron chi connectivity index (χ2n) is 8.58. The topological polar surface area (TPSA) is 101 Å². The Morgan fingerprint density at radius 3 is 2.37 bits per heavy atom. The van der Waals surface area contributed by atoms with Crippen LogP contribution in [0.5, 0.6) is 11.5 Å². The van der Waals surface area contributed by atoms with Crippen molar-refractivity contribution in [2.75, 3.05) is 13.2 Å². The minimum Gasteiger partial charge on any atom is -0.494 e. The van der Waals surface area contributed by atoms with Gasteiger partial charge in [-0.25, -0.2) is 9.48 Å². The molecule has 2 heterocycles. The zero-order valence-corrected chi connectivity index (χ0v) is 20.6. The van der Waals surface area contributed by atoms with Crippen LogP contribution in [0.25, 0.3) is 27.8 Å². The van der Waals surface area contributed by atoms with Gasteiger partial charge in [0, 0.05) is 24.1 Å². The molecule has 0 bridgehead atoms. The number of fused-ring (bicyclic) bond motifs is 1. The predicted molar refractivity (Wildman–Crippen MR) is 132 cm³/mol. The summed E-state index contributed by atoms with van der Waals surface area (Å²) in [4.78, 5) is 11.5. The van der Waals surface area contributed by atoms with E-state index in [-0.39, 0.29) is 6.61 Å². The van der Waals surface area contributed by atoms with Crippen molar-refractivity contribution in [3.63, 3.8) is 0 Å². The quantitative estimate of drug-likeness (QED) is 0.355. The van der Waals surface area contributed by atoms with Crippen LogP contribution in [0, 0.1) is 0 Å². The van der Waals surface area contributed by atoms with Crippen molar-refractivity contribution >= 4 is 16.9 Å². The maximum atomic E-state index is 11.5. The number of carboxylic acid groups (broad SMARTS) is 1. The standard InChI is InChI=1S/C26H30N4O5/c1-6-33-20-11-18(12-21(14-20)34-7-2)23-13-19(16-35-26(3,4)25(31)32)28-30(23)22-10-8-9-17-15-27-29(5)24(17)22/h8-15H,6-7,16H2,1-5H3,(H,31,32). The van der Waals surface area contributed by atoms with E-state index in [4.69, 9.17) is 19.3 Å². The Hall–Kier alpha value is -3.85. The molecule has 35 heavy (non-hydrogen) atoms. The lowest BCUT2D eigenvalue weighted by Gasteiger charge is -2.19. The van der Waals surface area contributed by atoms with Crippen LogP contribution in [0.4, 0.5) is 0 Å². The molecular weight excluding hydrogens is 448 g/mol. The zero-order chi connectivity index (χ0) is 25.2. The van der Waals surface area contributed by atoms with Crippen LogP contribution < -0.4 is 9.47 Å². The van der Waals surface area contributed by atoms with E-state index in [1.807, 2.05) is 78.9 Å². The molecule has 4 rings (SSSR count). The third-order valence-electron chi connectivity index (χ3n) is 5.62. The maximum Gasteiger partial charge on any atom is 0.335 e. The van der Waals surface area contributed by atoms with E-state index < -0.39 is 11.6 Å². The number of hydrogen-bond donors (Lipinski definition) is 1. The van der Waals surface area contributed by atoms with Gasteiger partial charge in [-0.05, 0) is 52.0 Å². The molecule has 1 N–H and O–H groups in total. The summed E-state index contributed by atoms with van der Waals surface area (Å²) in [6, 6.07) is 13.6. The van der Waals surface area contributed by atoms with Crippen molar-refractivity contribution in [2.45, 2.75) is 39.9 Å². The normalized spacial score (nSPS) is 11.7. The number of nitrogens with zero attached hydrogens (tertiary/aromatic N) is 4. The SMILES string of the molecule is CCOc1cc(OCC)cc(-c2cc(COC(C)(C)C(=O)O)nn2-c2cccc3cnn(C)c23)c1. The van der Waals surface area contributed by atoms with Gasteiger partial charge in [-0.2, -0.15) is 10.2 Å². The summed E-state index contributed by atoms with van der Waals surface area (Å²) in [7, 11) is 1.89. The van der Waals surface area contributed by atoms with Crippen molar-refractivity contribution in [3.05, 3.63) is 54.4 Å². The summed E-state index contributed by atoms with van der Waals surface area (Å²) < 4.78 is 20.9. The van der Waals surface area contributed by atoms with Crippen LogP contribution in [-0.4, -0.2) is 49.5 Å². The van der Waals surface area contributed by atoms with Crippen molar-refractivity contribution < 1.29 is 24.1 Å². The minimum absolute atomic E-state index is 0.0319. The molecule has 0 aliphatic carbocycles. The molecule has 0 fully saturated rings.